The Morgan fingerprint density at radius 3 is 3.14 bits per heavy atom. The van der Waals surface area contributed by atoms with Crippen LogP contribution in [-0.4, -0.2) is 30.2 Å². The number of nitrogens with zero attached hydrogens (tertiary/aromatic N) is 2. The van der Waals surface area contributed by atoms with E-state index in [-0.39, 0.29) is 12.1 Å². The summed E-state index contributed by atoms with van der Waals surface area (Å²) in [6.45, 7) is 2.69. The largest absolute Gasteiger partial charge is 0.450 e. The van der Waals surface area contributed by atoms with E-state index < -0.39 is 0 Å². The molecule has 0 aromatic heterocycles. The van der Waals surface area contributed by atoms with Crippen LogP contribution >= 0.6 is 0 Å². The molecule has 0 saturated carbocycles. The van der Waals surface area contributed by atoms with Crippen molar-refractivity contribution in [3.63, 3.8) is 0 Å². The van der Waals surface area contributed by atoms with E-state index in [1.807, 2.05) is 12.2 Å². The molecule has 1 amide bonds. The van der Waals surface area contributed by atoms with Gasteiger partial charge in [0.05, 0.1) is 25.1 Å². The van der Waals surface area contributed by atoms with Gasteiger partial charge in [0.25, 0.3) is 0 Å². The molecule has 1 heterocycles. The molecule has 1 aliphatic rings. The van der Waals surface area contributed by atoms with E-state index in [4.69, 9.17) is 10.00 Å². The number of carbonyl (C=O) groups is 1. The van der Waals surface area contributed by atoms with Gasteiger partial charge in [0.2, 0.25) is 0 Å². The number of rotatable bonds is 2. The van der Waals surface area contributed by atoms with Crippen molar-refractivity contribution in [2.75, 3.05) is 13.2 Å². The van der Waals surface area contributed by atoms with Crippen molar-refractivity contribution in [1.29, 1.82) is 5.26 Å². The van der Waals surface area contributed by atoms with Crippen LogP contribution in [0.15, 0.2) is 12.2 Å². The number of ether oxygens (including phenoxy) is 1. The minimum absolute atomic E-state index is 0.0240. The molecule has 4 nitrogen and oxygen atoms in total. The highest BCUT2D eigenvalue weighted by molar-refractivity contribution is 5.68. The average molecular weight is 194 g/mol. The summed E-state index contributed by atoms with van der Waals surface area (Å²) < 4.78 is 4.90. The molecular formula is C10H14N2O2. The lowest BCUT2D eigenvalue weighted by Gasteiger charge is -2.30. The molecule has 0 spiro atoms. The number of hydrogen-bond donors (Lipinski definition) is 0. The van der Waals surface area contributed by atoms with E-state index in [0.29, 0.717) is 19.6 Å². The maximum atomic E-state index is 11.4. The zero-order chi connectivity index (χ0) is 10.4. The number of nitriles is 1. The predicted octanol–water partition coefficient (Wildman–Crippen LogP) is 1.69. The highest BCUT2D eigenvalue weighted by Crippen LogP contribution is 2.15. The van der Waals surface area contributed by atoms with Gasteiger partial charge >= 0.3 is 6.09 Å². The monoisotopic (exact) mass is 194 g/mol. The van der Waals surface area contributed by atoms with Gasteiger partial charge in [-0.25, -0.2) is 4.79 Å². The van der Waals surface area contributed by atoms with Crippen molar-refractivity contribution < 1.29 is 9.53 Å². The van der Waals surface area contributed by atoms with Gasteiger partial charge in [-0.3, -0.25) is 0 Å². The molecule has 1 unspecified atom stereocenters. The predicted molar refractivity (Wildman–Crippen MR) is 51.5 cm³/mol. The minimum Gasteiger partial charge on any atom is -0.450 e. The zero-order valence-electron chi connectivity index (χ0n) is 8.27. The maximum absolute atomic E-state index is 11.4. The van der Waals surface area contributed by atoms with Crippen LogP contribution in [0.3, 0.4) is 0 Å². The van der Waals surface area contributed by atoms with Gasteiger partial charge in [0.15, 0.2) is 0 Å². The third kappa shape index (κ3) is 2.49. The third-order valence-corrected chi connectivity index (χ3v) is 2.15. The highest BCUT2D eigenvalue weighted by atomic mass is 16.6. The second-order valence-electron chi connectivity index (χ2n) is 3.07. The van der Waals surface area contributed by atoms with E-state index in [0.717, 1.165) is 6.42 Å². The van der Waals surface area contributed by atoms with Crippen LogP contribution in [0.1, 0.15) is 19.8 Å². The third-order valence-electron chi connectivity index (χ3n) is 2.15. The first-order valence-corrected chi connectivity index (χ1v) is 4.75. The van der Waals surface area contributed by atoms with Gasteiger partial charge in [-0.15, -0.1) is 0 Å². The first-order chi connectivity index (χ1) is 6.79. The highest BCUT2D eigenvalue weighted by Gasteiger charge is 2.24. The lowest BCUT2D eigenvalue weighted by atomic mass is 10.1. The van der Waals surface area contributed by atoms with Crippen LogP contribution in [0, 0.1) is 11.3 Å². The molecule has 0 radical (unpaired) electrons. The van der Waals surface area contributed by atoms with Crippen molar-refractivity contribution in [1.82, 2.24) is 4.90 Å². The fraction of sp³-hybridized carbons (Fsp3) is 0.600. The summed E-state index contributed by atoms with van der Waals surface area (Å²) in [7, 11) is 0. The van der Waals surface area contributed by atoms with Gasteiger partial charge in [-0.05, 0) is 13.3 Å². The molecule has 0 saturated heterocycles. The van der Waals surface area contributed by atoms with Gasteiger partial charge in [-0.1, -0.05) is 12.2 Å². The molecule has 4 heteroatoms. The van der Waals surface area contributed by atoms with Crippen LogP contribution < -0.4 is 0 Å². The first kappa shape index (κ1) is 10.6. The summed E-state index contributed by atoms with van der Waals surface area (Å²) in [6.07, 6.45) is 4.70. The second kappa shape index (κ2) is 5.28. The van der Waals surface area contributed by atoms with Gasteiger partial charge < -0.3 is 9.64 Å². The lowest BCUT2D eigenvalue weighted by Crippen LogP contribution is -2.42. The zero-order valence-corrected chi connectivity index (χ0v) is 8.27. The average Bonchev–Trinajstić information content (AvgIpc) is 2.19. The van der Waals surface area contributed by atoms with Gasteiger partial charge in [0, 0.05) is 6.54 Å². The van der Waals surface area contributed by atoms with Crippen LogP contribution in [0.25, 0.3) is 0 Å². The standard InChI is InChI=1S/C10H14N2O2/c1-2-14-10(13)12-8-4-3-5-9(12)6-7-11/h3-4,9H,2,5-6,8H2,1H3. The summed E-state index contributed by atoms with van der Waals surface area (Å²) in [5.74, 6) is 0. The molecule has 0 aromatic rings. The molecular weight excluding hydrogens is 180 g/mol. The van der Waals surface area contributed by atoms with Crippen molar-refractivity contribution in [3.8, 4) is 6.07 Å². The number of amides is 1. The van der Waals surface area contributed by atoms with Crippen molar-refractivity contribution >= 4 is 6.09 Å². The molecule has 14 heavy (non-hydrogen) atoms. The molecule has 0 bridgehead atoms. The quantitative estimate of drug-likeness (QED) is 0.628. The smallest absolute Gasteiger partial charge is 0.410 e. The topological polar surface area (TPSA) is 53.3 Å². The molecule has 0 fully saturated rings. The Labute approximate surface area is 83.8 Å². The van der Waals surface area contributed by atoms with Gasteiger partial charge in [0.1, 0.15) is 0 Å². The van der Waals surface area contributed by atoms with E-state index in [2.05, 4.69) is 6.07 Å². The summed E-state index contributed by atoms with van der Waals surface area (Å²) in [5, 5.41) is 8.60. The summed E-state index contributed by atoms with van der Waals surface area (Å²) in [5.41, 5.74) is 0. The number of hydrogen-bond acceptors (Lipinski definition) is 3. The summed E-state index contributed by atoms with van der Waals surface area (Å²) >= 11 is 0. The molecule has 76 valence electrons. The SMILES string of the molecule is CCOC(=O)N1CC=CCC1CC#N. The van der Waals surface area contributed by atoms with Crippen LogP contribution in [0.5, 0.6) is 0 Å². The number of carbonyl (C=O) groups excluding carboxylic acids is 1. The Balaban J connectivity index is 2.60. The summed E-state index contributed by atoms with van der Waals surface area (Å²) in [4.78, 5) is 13.0. The second-order valence-corrected chi connectivity index (χ2v) is 3.07. The Hall–Kier alpha value is -1.50. The van der Waals surface area contributed by atoms with E-state index in [1.54, 1.807) is 11.8 Å². The Kier molecular flexibility index (Phi) is 3.99. The van der Waals surface area contributed by atoms with E-state index in [9.17, 15) is 4.79 Å². The lowest BCUT2D eigenvalue weighted by molar-refractivity contribution is 0.0941. The molecule has 0 aromatic carbocycles. The van der Waals surface area contributed by atoms with Crippen molar-refractivity contribution in [3.05, 3.63) is 12.2 Å². The van der Waals surface area contributed by atoms with E-state index >= 15 is 0 Å². The van der Waals surface area contributed by atoms with Crippen LogP contribution in [-0.2, 0) is 4.74 Å². The minimum atomic E-state index is -0.322. The van der Waals surface area contributed by atoms with Crippen LogP contribution in [0.2, 0.25) is 0 Å². The Morgan fingerprint density at radius 2 is 2.50 bits per heavy atom. The maximum Gasteiger partial charge on any atom is 0.410 e. The first-order valence-electron chi connectivity index (χ1n) is 4.75. The molecule has 0 aliphatic carbocycles. The Morgan fingerprint density at radius 1 is 1.71 bits per heavy atom. The van der Waals surface area contributed by atoms with Crippen molar-refractivity contribution in [2.45, 2.75) is 25.8 Å². The van der Waals surface area contributed by atoms with Crippen molar-refractivity contribution in [2.24, 2.45) is 0 Å². The van der Waals surface area contributed by atoms with Gasteiger partial charge in [-0.2, -0.15) is 5.26 Å². The molecule has 1 rings (SSSR count). The molecule has 1 aliphatic heterocycles. The van der Waals surface area contributed by atoms with E-state index in [1.165, 1.54) is 0 Å². The Bertz CT molecular complexity index is 268. The van der Waals surface area contributed by atoms with Crippen LogP contribution in [0.4, 0.5) is 4.79 Å². The fourth-order valence-electron chi connectivity index (χ4n) is 1.45. The fourth-order valence-corrected chi connectivity index (χ4v) is 1.45. The molecule has 0 N–H and O–H groups in total. The normalized spacial score (nSPS) is 20.3. The molecule has 1 atom stereocenters. The summed E-state index contributed by atoms with van der Waals surface area (Å²) in [6, 6.07) is 2.06.